The molecule has 0 aliphatic rings. The first-order valence-corrected chi connectivity index (χ1v) is 13.0. The zero-order valence-corrected chi connectivity index (χ0v) is 23.0. The summed E-state index contributed by atoms with van der Waals surface area (Å²) in [6, 6.07) is 17.4. The van der Waals surface area contributed by atoms with E-state index < -0.39 is 40.5 Å². The Hall–Kier alpha value is -3.87. The third-order valence-electron chi connectivity index (χ3n) is 6.02. The Bertz CT molecular complexity index is 1310. The van der Waals surface area contributed by atoms with Gasteiger partial charge in [-0.05, 0) is 74.1 Å². The van der Waals surface area contributed by atoms with Crippen LogP contribution in [0.5, 0.6) is 0 Å². The van der Waals surface area contributed by atoms with Crippen LogP contribution in [0.1, 0.15) is 79.7 Å². The molecule has 0 radical (unpaired) electrons. The minimum absolute atomic E-state index is 0.0138. The maximum absolute atomic E-state index is 14.6. The zero-order chi connectivity index (χ0) is 28.7. The number of rotatable bonds is 10. The van der Waals surface area contributed by atoms with Crippen LogP contribution >= 0.6 is 0 Å². The maximum Gasteiger partial charge on any atom is 0.306 e. The van der Waals surface area contributed by atoms with Gasteiger partial charge >= 0.3 is 5.97 Å². The highest BCUT2D eigenvalue weighted by molar-refractivity contribution is 6.01. The summed E-state index contributed by atoms with van der Waals surface area (Å²) < 4.78 is 34.5. The number of benzene rings is 3. The van der Waals surface area contributed by atoms with Gasteiger partial charge in [-0.15, -0.1) is 0 Å². The second-order valence-corrected chi connectivity index (χ2v) is 10.9. The zero-order valence-electron chi connectivity index (χ0n) is 23.0. The van der Waals surface area contributed by atoms with Crippen molar-refractivity contribution in [2.75, 3.05) is 6.54 Å². The molecule has 0 aromatic heterocycles. The van der Waals surface area contributed by atoms with E-state index in [1.165, 1.54) is 6.07 Å². The standard InChI is InChI=1S/C32H35F2NO4/c1-20(2)19-35-31(38)22-14-12-21(13-15-22)23-8-6-9-24(18-23)25(16-17-28(36)39-32(3,4)5)30(37)29-26(33)10-7-11-27(29)34/h6-15,18,20,25H,16-17,19H2,1-5H3,(H,35,38). The lowest BCUT2D eigenvalue weighted by Gasteiger charge is -2.21. The molecule has 3 aromatic rings. The second-order valence-electron chi connectivity index (χ2n) is 10.9. The van der Waals surface area contributed by atoms with Gasteiger partial charge in [-0.3, -0.25) is 14.4 Å². The molecule has 3 rings (SSSR count). The highest BCUT2D eigenvalue weighted by atomic mass is 19.1. The molecule has 1 amide bonds. The molecule has 206 valence electrons. The van der Waals surface area contributed by atoms with Gasteiger partial charge in [0.1, 0.15) is 17.2 Å². The van der Waals surface area contributed by atoms with Crippen LogP contribution in [0.3, 0.4) is 0 Å². The Morgan fingerprint density at radius 1 is 0.872 bits per heavy atom. The van der Waals surface area contributed by atoms with E-state index in [0.29, 0.717) is 23.6 Å². The number of hydrogen-bond acceptors (Lipinski definition) is 4. The topological polar surface area (TPSA) is 72.5 Å². The summed E-state index contributed by atoms with van der Waals surface area (Å²) in [7, 11) is 0. The molecule has 0 bridgehead atoms. The first kappa shape index (κ1) is 29.7. The molecule has 7 heteroatoms. The molecule has 0 aliphatic heterocycles. The largest absolute Gasteiger partial charge is 0.460 e. The number of esters is 1. The fraction of sp³-hybridized carbons (Fsp3) is 0.344. The summed E-state index contributed by atoms with van der Waals surface area (Å²) in [6.45, 7) is 9.83. The third-order valence-corrected chi connectivity index (χ3v) is 6.02. The quantitative estimate of drug-likeness (QED) is 0.222. The van der Waals surface area contributed by atoms with E-state index in [9.17, 15) is 23.2 Å². The van der Waals surface area contributed by atoms with Crippen molar-refractivity contribution in [3.8, 4) is 11.1 Å². The Balaban J connectivity index is 1.92. The number of ether oxygens (including phenoxy) is 1. The molecular formula is C32H35F2NO4. The van der Waals surface area contributed by atoms with Crippen molar-refractivity contribution < 1.29 is 27.9 Å². The van der Waals surface area contributed by atoms with Gasteiger partial charge in [0.05, 0.1) is 5.56 Å². The highest BCUT2D eigenvalue weighted by Crippen LogP contribution is 2.32. The average molecular weight is 536 g/mol. The van der Waals surface area contributed by atoms with Crippen LogP contribution in [0.2, 0.25) is 0 Å². The number of amides is 1. The summed E-state index contributed by atoms with van der Waals surface area (Å²) in [4.78, 5) is 38.3. The SMILES string of the molecule is CC(C)CNC(=O)c1ccc(-c2cccc(C(CCC(=O)OC(C)(C)C)C(=O)c3c(F)cccc3F)c2)cc1. The fourth-order valence-electron chi connectivity index (χ4n) is 4.16. The van der Waals surface area contributed by atoms with Gasteiger partial charge in [0.2, 0.25) is 0 Å². The molecule has 0 heterocycles. The molecule has 0 spiro atoms. The van der Waals surface area contributed by atoms with E-state index in [2.05, 4.69) is 5.32 Å². The van der Waals surface area contributed by atoms with Crippen molar-refractivity contribution in [1.82, 2.24) is 5.32 Å². The Labute approximate surface area is 228 Å². The number of hydrogen-bond donors (Lipinski definition) is 1. The van der Waals surface area contributed by atoms with Crippen LogP contribution in [0.4, 0.5) is 8.78 Å². The van der Waals surface area contributed by atoms with E-state index >= 15 is 0 Å². The van der Waals surface area contributed by atoms with Crippen molar-refractivity contribution in [2.24, 2.45) is 5.92 Å². The molecule has 0 aliphatic carbocycles. The average Bonchev–Trinajstić information content (AvgIpc) is 2.86. The molecule has 0 fully saturated rings. The van der Waals surface area contributed by atoms with E-state index in [-0.39, 0.29) is 18.7 Å². The van der Waals surface area contributed by atoms with Crippen LogP contribution < -0.4 is 5.32 Å². The molecule has 0 saturated carbocycles. The smallest absolute Gasteiger partial charge is 0.306 e. The summed E-state index contributed by atoms with van der Waals surface area (Å²) in [5.41, 5.74) is 1.26. The minimum atomic E-state index is -0.982. The van der Waals surface area contributed by atoms with E-state index in [1.807, 2.05) is 19.9 Å². The molecule has 0 saturated heterocycles. The number of carbonyl (C=O) groups excluding carboxylic acids is 3. The van der Waals surface area contributed by atoms with E-state index in [4.69, 9.17) is 4.74 Å². The number of halogens is 2. The van der Waals surface area contributed by atoms with Crippen LogP contribution in [-0.2, 0) is 9.53 Å². The number of Topliss-reactive ketones (excluding diaryl/α,β-unsaturated/α-hetero) is 1. The molecule has 1 unspecified atom stereocenters. The predicted molar refractivity (Wildman–Crippen MR) is 148 cm³/mol. The van der Waals surface area contributed by atoms with Gasteiger partial charge in [0.25, 0.3) is 5.91 Å². The van der Waals surface area contributed by atoms with Gasteiger partial charge in [-0.2, -0.15) is 0 Å². The van der Waals surface area contributed by atoms with Crippen molar-refractivity contribution in [2.45, 2.75) is 59.0 Å². The minimum Gasteiger partial charge on any atom is -0.460 e. The fourth-order valence-corrected chi connectivity index (χ4v) is 4.16. The van der Waals surface area contributed by atoms with Gasteiger partial charge in [0.15, 0.2) is 5.78 Å². The van der Waals surface area contributed by atoms with Crippen LogP contribution in [0.15, 0.2) is 66.7 Å². The lowest BCUT2D eigenvalue weighted by Crippen LogP contribution is -2.27. The summed E-state index contributed by atoms with van der Waals surface area (Å²) in [6.07, 6.45) is -0.0892. The summed E-state index contributed by atoms with van der Waals surface area (Å²) in [5, 5.41) is 2.88. The van der Waals surface area contributed by atoms with Crippen LogP contribution in [0.25, 0.3) is 11.1 Å². The molecule has 39 heavy (non-hydrogen) atoms. The van der Waals surface area contributed by atoms with E-state index in [1.54, 1.807) is 63.2 Å². The van der Waals surface area contributed by atoms with Gasteiger partial charge < -0.3 is 10.1 Å². The first-order chi connectivity index (χ1) is 18.4. The lowest BCUT2D eigenvalue weighted by molar-refractivity contribution is -0.154. The van der Waals surface area contributed by atoms with Crippen molar-refractivity contribution in [1.29, 1.82) is 0 Å². The van der Waals surface area contributed by atoms with Crippen LogP contribution in [-0.4, -0.2) is 29.8 Å². The van der Waals surface area contributed by atoms with Crippen LogP contribution in [0, 0.1) is 17.6 Å². The molecule has 1 atom stereocenters. The summed E-state index contributed by atoms with van der Waals surface area (Å²) >= 11 is 0. The Morgan fingerprint density at radius 3 is 2.08 bits per heavy atom. The maximum atomic E-state index is 14.6. The molecular weight excluding hydrogens is 500 g/mol. The van der Waals surface area contributed by atoms with Crippen molar-refractivity contribution >= 4 is 17.7 Å². The first-order valence-electron chi connectivity index (χ1n) is 13.0. The molecule has 1 N–H and O–H groups in total. The number of ketones is 1. The van der Waals surface area contributed by atoms with Gasteiger partial charge in [-0.1, -0.05) is 56.3 Å². The monoisotopic (exact) mass is 535 g/mol. The highest BCUT2D eigenvalue weighted by Gasteiger charge is 2.29. The van der Waals surface area contributed by atoms with Gasteiger partial charge in [0, 0.05) is 24.4 Å². The number of carbonyl (C=O) groups is 3. The third kappa shape index (κ3) is 8.31. The van der Waals surface area contributed by atoms with Gasteiger partial charge in [-0.25, -0.2) is 8.78 Å². The van der Waals surface area contributed by atoms with E-state index in [0.717, 1.165) is 23.3 Å². The second kappa shape index (κ2) is 12.8. The molecule has 5 nitrogen and oxygen atoms in total. The Kier molecular flexibility index (Phi) is 9.73. The predicted octanol–water partition coefficient (Wildman–Crippen LogP) is 7.11. The lowest BCUT2D eigenvalue weighted by atomic mass is 9.85. The normalized spacial score (nSPS) is 12.2. The molecule has 3 aromatic carbocycles. The van der Waals surface area contributed by atoms with Crippen molar-refractivity contribution in [3.05, 3.63) is 95.1 Å². The summed E-state index contributed by atoms with van der Waals surface area (Å²) in [5.74, 6) is -3.97. The van der Waals surface area contributed by atoms with Crippen molar-refractivity contribution in [3.63, 3.8) is 0 Å². The number of nitrogens with one attached hydrogen (secondary N) is 1. The Morgan fingerprint density at radius 2 is 1.49 bits per heavy atom.